The Morgan fingerprint density at radius 3 is 1.05 bits per heavy atom. The van der Waals surface area contributed by atoms with E-state index in [2.05, 4.69) is 33.8 Å². The van der Waals surface area contributed by atoms with Crippen LogP contribution in [0.15, 0.2) is 0 Å². The molecule has 0 N–H and O–H groups in total. The summed E-state index contributed by atoms with van der Waals surface area (Å²) in [5, 5.41) is 0. The van der Waals surface area contributed by atoms with E-state index < -0.39 is 0 Å². The van der Waals surface area contributed by atoms with Gasteiger partial charge in [-0.2, -0.15) is 0 Å². The average molecular weight is 331 g/mol. The van der Waals surface area contributed by atoms with E-state index >= 15 is 0 Å². The number of rotatable bonds is 17. The lowest BCUT2D eigenvalue weighted by Gasteiger charge is -2.20. The van der Waals surface area contributed by atoms with E-state index in [0.29, 0.717) is 0 Å². The summed E-state index contributed by atoms with van der Waals surface area (Å²) in [6.07, 6.45) is 23.1. The second-order valence-electron chi connectivity index (χ2n) is 7.65. The van der Waals surface area contributed by atoms with E-state index in [0.717, 1.165) is 3.89 Å². The minimum atomic E-state index is 0.818. The molecule has 0 aromatic carbocycles. The minimum absolute atomic E-state index is 0.818. The van der Waals surface area contributed by atoms with E-state index in [1.165, 1.54) is 109 Å². The maximum absolute atomic E-state index is 4.52. The SMILES string of the molecule is CCCCCCCCCCCCCCCCCC[N+](C)(C)S. The number of quaternary nitrogens is 1. The van der Waals surface area contributed by atoms with Gasteiger partial charge in [0, 0.05) is 0 Å². The Morgan fingerprint density at radius 2 is 0.773 bits per heavy atom. The first kappa shape index (κ1) is 22.3. The Bertz CT molecular complexity index is 210. The fraction of sp³-hybridized carbons (Fsp3) is 1.00. The number of hydrogen-bond donors (Lipinski definition) is 1. The Morgan fingerprint density at radius 1 is 0.500 bits per heavy atom. The Kier molecular flexibility index (Phi) is 16.4. The lowest BCUT2D eigenvalue weighted by Crippen LogP contribution is -2.28. The molecule has 0 atom stereocenters. The van der Waals surface area contributed by atoms with Gasteiger partial charge in [0.05, 0.1) is 33.5 Å². The zero-order chi connectivity index (χ0) is 16.5. The third-order valence-electron chi connectivity index (χ3n) is 4.56. The third-order valence-corrected chi connectivity index (χ3v) is 4.76. The molecule has 1 nitrogen and oxygen atoms in total. The molecule has 0 aliphatic heterocycles. The Balaban J connectivity index is 3.00. The van der Waals surface area contributed by atoms with Crippen LogP contribution in [0.3, 0.4) is 0 Å². The molecule has 0 aromatic rings. The normalized spacial score (nSPS) is 12.0. The van der Waals surface area contributed by atoms with E-state index in [9.17, 15) is 0 Å². The zero-order valence-electron chi connectivity index (χ0n) is 15.9. The van der Waals surface area contributed by atoms with Gasteiger partial charge in [-0.05, 0) is 12.8 Å². The monoisotopic (exact) mass is 330 g/mol. The second kappa shape index (κ2) is 16.2. The van der Waals surface area contributed by atoms with Gasteiger partial charge in [0.15, 0.2) is 0 Å². The molecular formula is C20H44NS+. The third kappa shape index (κ3) is 20.3. The van der Waals surface area contributed by atoms with Gasteiger partial charge in [-0.25, -0.2) is 0 Å². The summed E-state index contributed by atoms with van der Waals surface area (Å²) < 4.78 is 0.818. The van der Waals surface area contributed by atoms with Crippen molar-refractivity contribution in [3.05, 3.63) is 0 Å². The summed E-state index contributed by atoms with van der Waals surface area (Å²) in [6.45, 7) is 3.49. The number of hydrogen-bond acceptors (Lipinski definition) is 1. The first-order valence-corrected chi connectivity index (χ1v) is 10.5. The molecule has 0 aliphatic rings. The molecule has 0 aliphatic carbocycles. The van der Waals surface area contributed by atoms with Crippen molar-refractivity contribution in [3.63, 3.8) is 0 Å². The van der Waals surface area contributed by atoms with Gasteiger partial charge in [-0.3, -0.25) is 3.89 Å². The van der Waals surface area contributed by atoms with Crippen molar-refractivity contribution >= 4 is 12.8 Å². The first-order chi connectivity index (χ1) is 10.6. The van der Waals surface area contributed by atoms with Crippen LogP contribution in [0.5, 0.6) is 0 Å². The van der Waals surface area contributed by atoms with Gasteiger partial charge in [-0.1, -0.05) is 96.8 Å². The van der Waals surface area contributed by atoms with E-state index in [-0.39, 0.29) is 0 Å². The molecule has 2 heteroatoms. The molecule has 0 saturated heterocycles. The van der Waals surface area contributed by atoms with Crippen LogP contribution >= 0.6 is 12.8 Å². The zero-order valence-corrected chi connectivity index (χ0v) is 16.8. The van der Waals surface area contributed by atoms with Gasteiger partial charge in [0.25, 0.3) is 0 Å². The molecule has 0 bridgehead atoms. The van der Waals surface area contributed by atoms with Crippen LogP contribution < -0.4 is 0 Å². The van der Waals surface area contributed by atoms with Crippen LogP contribution in [-0.2, 0) is 0 Å². The van der Waals surface area contributed by atoms with Crippen LogP contribution in [0.4, 0.5) is 0 Å². The number of unbranched alkanes of at least 4 members (excludes halogenated alkanes) is 15. The van der Waals surface area contributed by atoms with Gasteiger partial charge in [-0.15, -0.1) is 0 Å². The first-order valence-electron chi connectivity index (χ1n) is 10.1. The van der Waals surface area contributed by atoms with E-state index in [1.807, 2.05) is 0 Å². The molecular weight excluding hydrogens is 286 g/mol. The van der Waals surface area contributed by atoms with E-state index in [4.69, 9.17) is 0 Å². The van der Waals surface area contributed by atoms with Crippen LogP contribution in [0.25, 0.3) is 0 Å². The quantitative estimate of drug-likeness (QED) is 0.163. The largest absolute Gasteiger partial charge is 0.269 e. The highest BCUT2D eigenvalue weighted by Crippen LogP contribution is 2.14. The Hall–Kier alpha value is 0.310. The number of nitrogens with zero attached hydrogens (tertiary/aromatic N) is 1. The molecule has 0 amide bonds. The van der Waals surface area contributed by atoms with Crippen molar-refractivity contribution in [3.8, 4) is 0 Å². The van der Waals surface area contributed by atoms with Gasteiger partial charge >= 0.3 is 0 Å². The summed E-state index contributed by atoms with van der Waals surface area (Å²) in [7, 11) is 4.32. The van der Waals surface area contributed by atoms with Crippen molar-refractivity contribution in [2.24, 2.45) is 0 Å². The molecule has 0 rings (SSSR count). The van der Waals surface area contributed by atoms with Crippen molar-refractivity contribution in [1.82, 2.24) is 0 Å². The predicted molar refractivity (Wildman–Crippen MR) is 106 cm³/mol. The van der Waals surface area contributed by atoms with Crippen LogP contribution in [0, 0.1) is 0 Å². The second-order valence-corrected chi connectivity index (χ2v) is 8.73. The predicted octanol–water partition coefficient (Wildman–Crippen LogP) is 7.17. The summed E-state index contributed by atoms with van der Waals surface area (Å²) in [5.41, 5.74) is 0. The van der Waals surface area contributed by atoms with Crippen LogP contribution in [0.2, 0.25) is 0 Å². The molecule has 0 saturated carbocycles. The summed E-state index contributed by atoms with van der Waals surface area (Å²) in [5.74, 6) is 0. The fourth-order valence-electron chi connectivity index (χ4n) is 3.05. The summed E-state index contributed by atoms with van der Waals surface area (Å²) in [4.78, 5) is 0. The molecule has 134 valence electrons. The van der Waals surface area contributed by atoms with Gasteiger partial charge in [0.2, 0.25) is 0 Å². The molecule has 0 radical (unpaired) electrons. The van der Waals surface area contributed by atoms with E-state index in [1.54, 1.807) is 0 Å². The maximum atomic E-state index is 4.52. The lowest BCUT2D eigenvalue weighted by molar-refractivity contribution is -0.747. The minimum Gasteiger partial charge on any atom is -0.269 e. The molecule has 0 spiro atoms. The van der Waals surface area contributed by atoms with Gasteiger partial charge in [0.1, 0.15) is 0 Å². The van der Waals surface area contributed by atoms with Crippen LogP contribution in [0.1, 0.15) is 110 Å². The molecule has 22 heavy (non-hydrogen) atoms. The molecule has 0 unspecified atom stereocenters. The lowest BCUT2D eigenvalue weighted by atomic mass is 10.0. The topological polar surface area (TPSA) is 0 Å². The fourth-order valence-corrected chi connectivity index (χ4v) is 3.19. The summed E-state index contributed by atoms with van der Waals surface area (Å²) in [6, 6.07) is 0. The van der Waals surface area contributed by atoms with Crippen molar-refractivity contribution in [2.45, 2.75) is 110 Å². The number of thiol groups is 1. The summed E-state index contributed by atoms with van der Waals surface area (Å²) >= 11 is 4.52. The molecule has 0 aromatic heterocycles. The van der Waals surface area contributed by atoms with Crippen LogP contribution in [-0.4, -0.2) is 24.5 Å². The van der Waals surface area contributed by atoms with Crippen molar-refractivity contribution in [2.75, 3.05) is 20.6 Å². The Labute approximate surface area is 147 Å². The standard InChI is InChI=1S/C20H44NS/c1-4-5-6-7-8-9-10-11-12-13-14-15-16-17-18-19-20-21(2,3)22/h22H,4-20H2,1-3H3/q+1. The molecule has 0 fully saturated rings. The maximum Gasteiger partial charge on any atom is 0.0886 e. The van der Waals surface area contributed by atoms with Crippen molar-refractivity contribution in [1.29, 1.82) is 0 Å². The van der Waals surface area contributed by atoms with Crippen molar-refractivity contribution < 1.29 is 3.89 Å². The highest BCUT2D eigenvalue weighted by molar-refractivity contribution is 7.74. The average Bonchev–Trinajstić information content (AvgIpc) is 2.45. The highest BCUT2D eigenvalue weighted by atomic mass is 32.1. The smallest absolute Gasteiger partial charge is 0.0886 e. The molecule has 0 heterocycles. The highest BCUT2D eigenvalue weighted by Gasteiger charge is 2.07. The van der Waals surface area contributed by atoms with Gasteiger partial charge < -0.3 is 0 Å².